The van der Waals surface area contributed by atoms with Crippen LogP contribution in [-0.2, 0) is 0 Å². The van der Waals surface area contributed by atoms with Gasteiger partial charge in [0.15, 0.2) is 0 Å². The molecule has 1 fully saturated rings. The number of hydrogen-bond donors (Lipinski definition) is 2. The largest absolute Gasteiger partial charge is 0.465 e. The molecule has 2 aromatic rings. The molecule has 2 N–H and O–H groups in total. The van der Waals surface area contributed by atoms with E-state index >= 15 is 0 Å². The van der Waals surface area contributed by atoms with E-state index in [1.807, 2.05) is 0 Å². The average molecular weight is 342 g/mol. The van der Waals surface area contributed by atoms with Gasteiger partial charge < -0.3 is 10.4 Å². The van der Waals surface area contributed by atoms with Crippen LogP contribution in [-0.4, -0.2) is 30.2 Å². The molecule has 0 spiro atoms. The Morgan fingerprint density at radius 2 is 1.96 bits per heavy atom. The molecule has 6 heteroatoms. The van der Waals surface area contributed by atoms with Gasteiger partial charge in [-0.2, -0.15) is 0 Å². The number of carbonyl (C=O) groups is 2. The number of nitrogens with zero attached hydrogens (tertiary/aromatic N) is 1. The van der Waals surface area contributed by atoms with Gasteiger partial charge in [0.05, 0.1) is 0 Å². The number of rotatable bonds is 4. The molecule has 2 amide bonds. The normalized spacial score (nSPS) is 13.8. The highest BCUT2D eigenvalue weighted by Gasteiger charge is 2.30. The number of hydrogen-bond acceptors (Lipinski definition) is 2. The van der Waals surface area contributed by atoms with Crippen molar-refractivity contribution in [3.8, 4) is 11.1 Å². The van der Waals surface area contributed by atoms with E-state index in [2.05, 4.69) is 5.32 Å². The van der Waals surface area contributed by atoms with Crippen molar-refractivity contribution in [3.05, 3.63) is 53.8 Å². The van der Waals surface area contributed by atoms with Crippen LogP contribution >= 0.6 is 0 Å². The van der Waals surface area contributed by atoms with E-state index < -0.39 is 11.9 Å². The maximum atomic E-state index is 14.4. The number of carboxylic acid groups (broad SMARTS) is 1. The zero-order valence-electron chi connectivity index (χ0n) is 13.8. The fraction of sp³-hybridized carbons (Fsp3) is 0.263. The predicted octanol–water partition coefficient (Wildman–Crippen LogP) is 3.89. The average Bonchev–Trinajstić information content (AvgIpc) is 2.57. The summed E-state index contributed by atoms with van der Waals surface area (Å²) in [7, 11) is 1.53. The zero-order valence-corrected chi connectivity index (χ0v) is 13.8. The first-order chi connectivity index (χ1) is 12.0. The Hall–Kier alpha value is -2.89. The summed E-state index contributed by atoms with van der Waals surface area (Å²) in [5, 5.41) is 12.1. The highest BCUT2D eigenvalue weighted by Crippen LogP contribution is 2.33. The molecule has 0 saturated heterocycles. The number of anilines is 1. The van der Waals surface area contributed by atoms with Crippen LogP contribution in [0.4, 0.5) is 14.9 Å². The smallest absolute Gasteiger partial charge is 0.412 e. The minimum Gasteiger partial charge on any atom is -0.465 e. The Labute approximate surface area is 145 Å². The summed E-state index contributed by atoms with van der Waals surface area (Å²) in [6.45, 7) is 0. The van der Waals surface area contributed by atoms with Crippen molar-refractivity contribution in [2.75, 3.05) is 11.9 Å². The topological polar surface area (TPSA) is 69.6 Å². The van der Waals surface area contributed by atoms with Crippen molar-refractivity contribution in [2.45, 2.75) is 25.3 Å². The van der Waals surface area contributed by atoms with Crippen LogP contribution in [0.1, 0.15) is 29.6 Å². The van der Waals surface area contributed by atoms with Gasteiger partial charge in [0, 0.05) is 29.9 Å². The fourth-order valence-electron chi connectivity index (χ4n) is 2.98. The minimum atomic E-state index is -1.04. The summed E-state index contributed by atoms with van der Waals surface area (Å²) in [6, 6.07) is 10.8. The minimum absolute atomic E-state index is 0.0620. The first kappa shape index (κ1) is 17.0. The molecule has 0 bridgehead atoms. The monoisotopic (exact) mass is 342 g/mol. The molecule has 1 aliphatic rings. The first-order valence-corrected chi connectivity index (χ1v) is 8.15. The van der Waals surface area contributed by atoms with Crippen LogP contribution in [0.15, 0.2) is 42.5 Å². The molecule has 3 rings (SSSR count). The first-order valence-electron chi connectivity index (χ1n) is 8.15. The van der Waals surface area contributed by atoms with Crippen LogP contribution in [0.25, 0.3) is 11.1 Å². The molecule has 0 aliphatic heterocycles. The van der Waals surface area contributed by atoms with E-state index in [4.69, 9.17) is 0 Å². The van der Waals surface area contributed by atoms with Gasteiger partial charge in [0.2, 0.25) is 0 Å². The van der Waals surface area contributed by atoms with E-state index in [1.165, 1.54) is 30.1 Å². The van der Waals surface area contributed by atoms with Gasteiger partial charge in [-0.15, -0.1) is 0 Å². The molecular weight excluding hydrogens is 323 g/mol. The molecule has 0 unspecified atom stereocenters. The second-order valence-corrected chi connectivity index (χ2v) is 6.06. The Kier molecular flexibility index (Phi) is 4.70. The van der Waals surface area contributed by atoms with Crippen LogP contribution in [0.3, 0.4) is 0 Å². The lowest BCUT2D eigenvalue weighted by Gasteiger charge is -2.35. The summed E-state index contributed by atoms with van der Waals surface area (Å²) >= 11 is 0. The third-order valence-corrected chi connectivity index (χ3v) is 4.54. The van der Waals surface area contributed by atoms with Gasteiger partial charge in [-0.3, -0.25) is 9.69 Å². The van der Waals surface area contributed by atoms with Gasteiger partial charge in [-0.1, -0.05) is 12.1 Å². The third-order valence-electron chi connectivity index (χ3n) is 4.54. The SMILES string of the molecule is CNC(=O)c1cccc(-c2cc(N(C(=O)O)C3CCC3)ccc2F)c1. The summed E-state index contributed by atoms with van der Waals surface area (Å²) in [6.07, 6.45) is 1.58. The van der Waals surface area contributed by atoms with Crippen molar-refractivity contribution in [1.82, 2.24) is 5.32 Å². The number of nitrogens with one attached hydrogen (secondary N) is 1. The number of halogens is 1. The molecule has 1 saturated carbocycles. The molecule has 25 heavy (non-hydrogen) atoms. The van der Waals surface area contributed by atoms with Gasteiger partial charge in [0.1, 0.15) is 5.82 Å². The van der Waals surface area contributed by atoms with Gasteiger partial charge in [-0.25, -0.2) is 9.18 Å². The lowest BCUT2D eigenvalue weighted by Crippen LogP contribution is -2.43. The van der Waals surface area contributed by atoms with Gasteiger partial charge in [-0.05, 0) is 55.2 Å². The molecular formula is C19H19FN2O3. The molecule has 0 radical (unpaired) electrons. The lowest BCUT2D eigenvalue weighted by atomic mass is 9.91. The van der Waals surface area contributed by atoms with Crippen LogP contribution in [0, 0.1) is 5.82 Å². The van der Waals surface area contributed by atoms with Crippen molar-refractivity contribution >= 4 is 17.7 Å². The molecule has 130 valence electrons. The Bertz CT molecular complexity index is 818. The molecule has 5 nitrogen and oxygen atoms in total. The fourth-order valence-corrected chi connectivity index (χ4v) is 2.98. The molecule has 2 aromatic carbocycles. The van der Waals surface area contributed by atoms with Crippen molar-refractivity contribution in [3.63, 3.8) is 0 Å². The van der Waals surface area contributed by atoms with Crippen LogP contribution in [0.5, 0.6) is 0 Å². The third kappa shape index (κ3) is 3.33. The standard InChI is InChI=1S/C19H19FN2O3/c1-21-18(23)13-5-2-4-12(10-13)16-11-15(8-9-17(16)20)22(19(24)25)14-6-3-7-14/h2,4-5,8-11,14H,3,6-7H2,1H3,(H,21,23)(H,24,25). The summed E-state index contributed by atoms with van der Waals surface area (Å²) < 4.78 is 14.4. The summed E-state index contributed by atoms with van der Waals surface area (Å²) in [5.41, 5.74) is 1.66. The number of amides is 2. The van der Waals surface area contributed by atoms with E-state index in [1.54, 1.807) is 24.3 Å². The Morgan fingerprint density at radius 1 is 1.20 bits per heavy atom. The van der Waals surface area contributed by atoms with Crippen LogP contribution in [0.2, 0.25) is 0 Å². The molecule has 0 aromatic heterocycles. The lowest BCUT2D eigenvalue weighted by molar-refractivity contribution is 0.0963. The van der Waals surface area contributed by atoms with Crippen molar-refractivity contribution in [1.29, 1.82) is 0 Å². The predicted molar refractivity (Wildman–Crippen MR) is 93.4 cm³/mol. The van der Waals surface area contributed by atoms with Crippen molar-refractivity contribution in [2.24, 2.45) is 0 Å². The summed E-state index contributed by atoms with van der Waals surface area (Å²) in [5.74, 6) is -0.725. The maximum absolute atomic E-state index is 14.4. The number of carbonyl (C=O) groups excluding carboxylic acids is 1. The van der Waals surface area contributed by atoms with Gasteiger partial charge >= 0.3 is 6.09 Å². The second kappa shape index (κ2) is 6.93. The highest BCUT2D eigenvalue weighted by atomic mass is 19.1. The summed E-state index contributed by atoms with van der Waals surface area (Å²) in [4.78, 5) is 24.7. The van der Waals surface area contributed by atoms with E-state index in [0.29, 0.717) is 16.8 Å². The van der Waals surface area contributed by atoms with Gasteiger partial charge in [0.25, 0.3) is 5.91 Å². The molecule has 0 heterocycles. The van der Waals surface area contributed by atoms with E-state index in [-0.39, 0.29) is 17.5 Å². The van der Waals surface area contributed by atoms with Crippen LogP contribution < -0.4 is 10.2 Å². The molecule has 0 atom stereocenters. The Morgan fingerprint density at radius 3 is 2.56 bits per heavy atom. The van der Waals surface area contributed by atoms with Crippen molar-refractivity contribution < 1.29 is 19.1 Å². The Balaban J connectivity index is 2.02. The van der Waals surface area contributed by atoms with E-state index in [9.17, 15) is 19.1 Å². The highest BCUT2D eigenvalue weighted by molar-refractivity contribution is 5.95. The molecule has 1 aliphatic carbocycles. The van der Waals surface area contributed by atoms with E-state index in [0.717, 1.165) is 19.3 Å². The second-order valence-electron chi connectivity index (χ2n) is 6.06. The number of benzene rings is 2. The maximum Gasteiger partial charge on any atom is 0.412 e. The zero-order chi connectivity index (χ0) is 18.0. The quantitative estimate of drug-likeness (QED) is 0.886.